The van der Waals surface area contributed by atoms with Gasteiger partial charge >= 0.3 is 0 Å². The van der Waals surface area contributed by atoms with E-state index >= 15 is 0 Å². The predicted molar refractivity (Wildman–Crippen MR) is 64.5 cm³/mol. The minimum atomic E-state index is 0.00376. The monoisotopic (exact) mass is 214 g/mol. The molecule has 3 heteroatoms. The van der Waals surface area contributed by atoms with Crippen LogP contribution in [-0.4, -0.2) is 23.6 Å². The molecule has 0 aliphatic heterocycles. The molecule has 0 saturated heterocycles. The molecule has 2 nitrogen and oxygen atoms in total. The third-order valence-electron chi connectivity index (χ3n) is 2.07. The lowest BCUT2D eigenvalue weighted by atomic mass is 10.2. The summed E-state index contributed by atoms with van der Waals surface area (Å²) in [4.78, 5) is 0. The summed E-state index contributed by atoms with van der Waals surface area (Å²) in [7, 11) is 0. The maximum Gasteiger partial charge on any atom is 0.105 e. The van der Waals surface area contributed by atoms with Gasteiger partial charge in [-0.2, -0.15) is 17.0 Å². The summed E-state index contributed by atoms with van der Waals surface area (Å²) in [6.07, 6.45) is 1.22. The quantitative estimate of drug-likeness (QED) is 0.708. The lowest BCUT2D eigenvalue weighted by molar-refractivity contribution is 0.559. The van der Waals surface area contributed by atoms with Crippen LogP contribution < -0.4 is 5.32 Å². The van der Waals surface area contributed by atoms with E-state index in [-0.39, 0.29) is 6.04 Å². The van der Waals surface area contributed by atoms with Gasteiger partial charge in [0.15, 0.2) is 0 Å². The van der Waals surface area contributed by atoms with E-state index in [4.69, 9.17) is 5.26 Å². The normalized spacial score (nSPS) is 15.1. The summed E-state index contributed by atoms with van der Waals surface area (Å²) in [5.41, 5.74) is 0. The average Bonchev–Trinajstić information content (AvgIpc) is 2.15. The van der Waals surface area contributed by atoms with E-state index in [2.05, 4.69) is 39.1 Å². The zero-order chi connectivity index (χ0) is 11.0. The van der Waals surface area contributed by atoms with Crippen molar-refractivity contribution < 1.29 is 0 Å². The third-order valence-corrected chi connectivity index (χ3v) is 3.45. The topological polar surface area (TPSA) is 35.8 Å². The Bertz CT molecular complexity index is 175. The van der Waals surface area contributed by atoms with E-state index in [0.717, 1.165) is 17.4 Å². The third kappa shape index (κ3) is 7.23. The highest BCUT2D eigenvalue weighted by molar-refractivity contribution is 7.99. The molecule has 0 spiro atoms. The molecular formula is C11H22N2S. The summed E-state index contributed by atoms with van der Waals surface area (Å²) in [5, 5.41) is 12.1. The van der Waals surface area contributed by atoms with Gasteiger partial charge in [0.1, 0.15) is 6.04 Å². The Morgan fingerprint density at radius 3 is 2.36 bits per heavy atom. The highest BCUT2D eigenvalue weighted by atomic mass is 32.2. The van der Waals surface area contributed by atoms with Crippen molar-refractivity contribution in [1.82, 2.24) is 5.32 Å². The molecule has 82 valence electrons. The number of hydrogen-bond donors (Lipinski definition) is 1. The van der Waals surface area contributed by atoms with Gasteiger partial charge in [0.25, 0.3) is 0 Å². The number of nitrogens with zero attached hydrogens (tertiary/aromatic N) is 1. The minimum Gasteiger partial charge on any atom is -0.299 e. The van der Waals surface area contributed by atoms with Gasteiger partial charge in [-0.05, 0) is 25.5 Å². The second-order valence-corrected chi connectivity index (χ2v) is 5.13. The molecule has 1 N–H and O–H groups in total. The van der Waals surface area contributed by atoms with Crippen LogP contribution in [0.5, 0.6) is 0 Å². The highest BCUT2D eigenvalue weighted by Crippen LogP contribution is 2.12. The van der Waals surface area contributed by atoms with Crippen LogP contribution in [0, 0.1) is 17.2 Å². The Kier molecular flexibility index (Phi) is 8.02. The van der Waals surface area contributed by atoms with Crippen molar-refractivity contribution in [3.63, 3.8) is 0 Å². The Labute approximate surface area is 92.5 Å². The van der Waals surface area contributed by atoms with E-state index in [0.29, 0.717) is 6.04 Å². The Hall–Kier alpha value is -0.200. The first-order chi connectivity index (χ1) is 6.60. The van der Waals surface area contributed by atoms with Gasteiger partial charge in [-0.1, -0.05) is 20.3 Å². The lowest BCUT2D eigenvalue weighted by Crippen LogP contribution is -2.35. The standard InChI is InChI=1S/C11H22N2S/c1-5-10(4)7-14-8-11(6-12)13-9(2)3/h9-11,13H,5,7-8H2,1-4H3. The zero-order valence-corrected chi connectivity index (χ0v) is 10.5. The van der Waals surface area contributed by atoms with Crippen molar-refractivity contribution in [3.05, 3.63) is 0 Å². The fraction of sp³-hybridized carbons (Fsp3) is 0.909. The molecule has 0 aromatic rings. The van der Waals surface area contributed by atoms with Gasteiger partial charge in [0, 0.05) is 11.8 Å². The molecule has 2 unspecified atom stereocenters. The number of nitrogens with one attached hydrogen (secondary N) is 1. The predicted octanol–water partition coefficient (Wildman–Crippen LogP) is 2.66. The first kappa shape index (κ1) is 13.8. The van der Waals surface area contributed by atoms with Crippen molar-refractivity contribution in [2.45, 2.75) is 46.2 Å². The van der Waals surface area contributed by atoms with Gasteiger partial charge in [-0.25, -0.2) is 0 Å². The molecule has 0 radical (unpaired) electrons. The lowest BCUT2D eigenvalue weighted by Gasteiger charge is -2.15. The maximum absolute atomic E-state index is 8.87. The second kappa shape index (κ2) is 8.14. The van der Waals surface area contributed by atoms with Crippen LogP contribution in [0.15, 0.2) is 0 Å². The molecule has 14 heavy (non-hydrogen) atoms. The summed E-state index contributed by atoms with van der Waals surface area (Å²) in [5.74, 6) is 2.83. The molecular weight excluding hydrogens is 192 g/mol. The van der Waals surface area contributed by atoms with Gasteiger partial charge in [0.05, 0.1) is 6.07 Å². The molecule has 0 aliphatic rings. The fourth-order valence-corrected chi connectivity index (χ4v) is 2.21. The smallest absolute Gasteiger partial charge is 0.105 e. The summed E-state index contributed by atoms with van der Waals surface area (Å²) in [6.45, 7) is 8.61. The zero-order valence-electron chi connectivity index (χ0n) is 9.71. The summed E-state index contributed by atoms with van der Waals surface area (Å²) < 4.78 is 0. The molecule has 0 amide bonds. The minimum absolute atomic E-state index is 0.00376. The first-order valence-corrected chi connectivity index (χ1v) is 6.49. The number of thioether (sulfide) groups is 1. The van der Waals surface area contributed by atoms with E-state index in [1.165, 1.54) is 6.42 Å². The number of hydrogen-bond acceptors (Lipinski definition) is 3. The van der Waals surface area contributed by atoms with Crippen molar-refractivity contribution in [1.29, 1.82) is 5.26 Å². The van der Waals surface area contributed by atoms with E-state index < -0.39 is 0 Å². The molecule has 0 bridgehead atoms. The SMILES string of the molecule is CCC(C)CSCC(C#N)NC(C)C. The molecule has 2 atom stereocenters. The van der Waals surface area contributed by atoms with Crippen molar-refractivity contribution in [2.75, 3.05) is 11.5 Å². The Morgan fingerprint density at radius 1 is 1.29 bits per heavy atom. The fourth-order valence-electron chi connectivity index (χ4n) is 1.03. The van der Waals surface area contributed by atoms with E-state index in [1.54, 1.807) is 0 Å². The molecule has 0 fully saturated rings. The van der Waals surface area contributed by atoms with Crippen molar-refractivity contribution in [3.8, 4) is 6.07 Å². The van der Waals surface area contributed by atoms with E-state index in [9.17, 15) is 0 Å². The highest BCUT2D eigenvalue weighted by Gasteiger charge is 2.08. The molecule has 0 heterocycles. The number of nitriles is 1. The van der Waals surface area contributed by atoms with Crippen LogP contribution in [0.3, 0.4) is 0 Å². The second-order valence-electron chi connectivity index (χ2n) is 4.05. The maximum atomic E-state index is 8.87. The number of rotatable bonds is 7. The largest absolute Gasteiger partial charge is 0.299 e. The Balaban J connectivity index is 3.59. The molecule has 0 rings (SSSR count). The molecule has 0 aromatic heterocycles. The van der Waals surface area contributed by atoms with Crippen LogP contribution >= 0.6 is 11.8 Å². The van der Waals surface area contributed by atoms with Gasteiger partial charge in [-0.3, -0.25) is 5.32 Å². The Morgan fingerprint density at radius 2 is 1.93 bits per heavy atom. The molecule has 0 saturated carbocycles. The molecule has 0 aliphatic carbocycles. The average molecular weight is 214 g/mol. The van der Waals surface area contributed by atoms with Crippen LogP contribution in [0.25, 0.3) is 0 Å². The van der Waals surface area contributed by atoms with Crippen molar-refractivity contribution >= 4 is 11.8 Å². The summed E-state index contributed by atoms with van der Waals surface area (Å²) in [6, 6.07) is 2.69. The summed E-state index contributed by atoms with van der Waals surface area (Å²) >= 11 is 1.88. The first-order valence-electron chi connectivity index (χ1n) is 5.33. The van der Waals surface area contributed by atoms with Crippen LogP contribution in [0.4, 0.5) is 0 Å². The van der Waals surface area contributed by atoms with Gasteiger partial charge < -0.3 is 0 Å². The van der Waals surface area contributed by atoms with Crippen LogP contribution in [-0.2, 0) is 0 Å². The van der Waals surface area contributed by atoms with Gasteiger partial charge in [-0.15, -0.1) is 0 Å². The molecule has 0 aromatic carbocycles. The van der Waals surface area contributed by atoms with Gasteiger partial charge in [0.2, 0.25) is 0 Å². The van der Waals surface area contributed by atoms with Crippen LogP contribution in [0.1, 0.15) is 34.1 Å². The van der Waals surface area contributed by atoms with Crippen LogP contribution in [0.2, 0.25) is 0 Å². The van der Waals surface area contributed by atoms with E-state index in [1.807, 2.05) is 11.8 Å². The van der Waals surface area contributed by atoms with Crippen molar-refractivity contribution in [2.24, 2.45) is 5.92 Å².